The van der Waals surface area contributed by atoms with Crippen LogP contribution in [0.4, 0.5) is 9.59 Å². The van der Waals surface area contributed by atoms with E-state index in [1.54, 1.807) is 58.9 Å². The van der Waals surface area contributed by atoms with E-state index in [9.17, 15) is 44.0 Å². The molecule has 0 aliphatic heterocycles. The summed E-state index contributed by atoms with van der Waals surface area (Å²) in [4.78, 5) is 94.1. The number of ether oxygens (including phenoxy) is 2. The number of phenolic OH excluding ortho intramolecular Hbond substituents is 1. The van der Waals surface area contributed by atoms with Gasteiger partial charge in [-0.25, -0.2) is 19.7 Å². The molecular weight excluding hydrogens is 892 g/mol. The van der Waals surface area contributed by atoms with Gasteiger partial charge in [0.15, 0.2) is 16.6 Å². The molecule has 0 saturated carbocycles. The van der Waals surface area contributed by atoms with Crippen molar-refractivity contribution in [2.75, 3.05) is 13.1 Å². The molecule has 13 N–H and O–H groups in total. The number of hydrogen-bond acceptors (Lipinski definition) is 14. The Morgan fingerprint density at radius 2 is 1.52 bits per heavy atom. The van der Waals surface area contributed by atoms with E-state index >= 15 is 0 Å². The number of alkyl carbamates (subject to hydrolysis) is 2. The lowest BCUT2D eigenvalue weighted by atomic mass is 9.84. The number of aromatic hydroxyl groups is 1. The first-order valence-corrected chi connectivity index (χ1v) is 21.8. The Morgan fingerprint density at radius 3 is 2.12 bits per heavy atom. The van der Waals surface area contributed by atoms with Gasteiger partial charge in [0.1, 0.15) is 35.1 Å². The zero-order chi connectivity index (χ0) is 50.2. The molecule has 0 unspecified atom stereocenters. The Labute approximate surface area is 393 Å². The van der Waals surface area contributed by atoms with Gasteiger partial charge in [-0.15, -0.1) is 0 Å². The molecular formula is C45H61ClN10O11. The van der Waals surface area contributed by atoms with Crippen LogP contribution >= 0.6 is 11.6 Å². The number of unbranched alkanes of at least 4 members (excludes halogenated alkanes) is 1. The fourth-order valence-electron chi connectivity index (χ4n) is 7.16. The number of nitrogens with zero attached hydrogens (tertiary/aromatic N) is 3. The molecule has 21 nitrogen and oxygen atoms in total. The van der Waals surface area contributed by atoms with Gasteiger partial charge < -0.3 is 53.9 Å². The fraction of sp³-hybridized carbons (Fsp3) is 0.444. The molecule has 0 bridgehead atoms. The number of ketones is 2. The lowest BCUT2D eigenvalue weighted by Gasteiger charge is -2.32. The average molecular weight is 953 g/mol. The maximum absolute atomic E-state index is 14.7. The Hall–Kier alpha value is -6.68. The predicted octanol–water partition coefficient (Wildman–Crippen LogP) is 3.39. The third kappa shape index (κ3) is 16.6. The van der Waals surface area contributed by atoms with Crippen LogP contribution in [0, 0.1) is 24.0 Å². The molecule has 0 spiro atoms. The second kappa shape index (κ2) is 25.3. The number of hydrazone groups is 1. The Balaban J connectivity index is 2.04. The average Bonchev–Trinajstić information content (AvgIpc) is 3.23. The smallest absolute Gasteiger partial charge is 0.408 e. The van der Waals surface area contributed by atoms with Crippen LogP contribution in [0.15, 0.2) is 59.7 Å². The molecule has 0 saturated heterocycles. The molecule has 0 heterocycles. The molecule has 3 aromatic rings. The first kappa shape index (κ1) is 54.7. The molecule has 0 aliphatic rings. The summed E-state index contributed by atoms with van der Waals surface area (Å²) < 4.78 is 10.5. The maximum atomic E-state index is 14.7. The second-order valence-corrected chi connectivity index (χ2v) is 17.2. The number of halogens is 1. The minimum absolute atomic E-state index is 0.00181. The quantitative estimate of drug-likeness (QED) is 0.0169. The highest BCUT2D eigenvalue weighted by Gasteiger charge is 2.39. The zero-order valence-electron chi connectivity index (χ0n) is 38.2. The van der Waals surface area contributed by atoms with E-state index in [1.807, 2.05) is 0 Å². The summed E-state index contributed by atoms with van der Waals surface area (Å²) in [5, 5.41) is 29.1. The standard InChI is InChI=1S/C45H61ClN10O11/c1-25-20-29(57)21-26(2)31(25)23-34(49)39(59)37-27(13-10-14-30(37)38(58)33(48)16-8-9-19-52-43(62)66-24-28-12-6-7-15-32(28)46)22-36(40(50)60)55(42(51)54-56(64)65)41(61)35(17-11-18-47)53-44(63)67-45(3,4)5/h6-7,10,12-15,20-21,33-36,57H,8-9,11,16-19,22-24,47-49H2,1-5H3,(H2,50,60)(H2,51,54)(H,52,62)(H,53,63)/t33-,34-,35+,36-/m0/s1. The molecule has 3 aromatic carbocycles. The van der Waals surface area contributed by atoms with E-state index in [1.165, 1.54) is 30.3 Å². The van der Waals surface area contributed by atoms with Gasteiger partial charge in [0.25, 0.3) is 11.9 Å². The summed E-state index contributed by atoms with van der Waals surface area (Å²) >= 11 is 6.13. The minimum atomic E-state index is -1.93. The molecule has 22 heteroatoms. The molecule has 0 radical (unpaired) electrons. The maximum Gasteiger partial charge on any atom is 0.408 e. The second-order valence-electron chi connectivity index (χ2n) is 16.8. The number of benzene rings is 3. The van der Waals surface area contributed by atoms with Crippen LogP contribution in [0.2, 0.25) is 5.02 Å². The summed E-state index contributed by atoms with van der Waals surface area (Å²) in [7, 11) is 0. The van der Waals surface area contributed by atoms with Gasteiger partial charge in [0, 0.05) is 34.7 Å². The van der Waals surface area contributed by atoms with E-state index in [0.717, 1.165) is 0 Å². The van der Waals surface area contributed by atoms with E-state index in [2.05, 4.69) is 15.7 Å². The summed E-state index contributed by atoms with van der Waals surface area (Å²) in [5.41, 5.74) is 31.7. The molecule has 0 aromatic heterocycles. The van der Waals surface area contributed by atoms with Crippen molar-refractivity contribution in [3.05, 3.63) is 109 Å². The van der Waals surface area contributed by atoms with Gasteiger partial charge in [0.05, 0.1) is 12.1 Å². The number of nitrogens with two attached hydrogens (primary N) is 5. The number of nitrogens with one attached hydrogen (secondary N) is 2. The first-order valence-electron chi connectivity index (χ1n) is 21.4. The first-order chi connectivity index (χ1) is 31.4. The number of amides is 4. The highest BCUT2D eigenvalue weighted by Crippen LogP contribution is 2.27. The summed E-state index contributed by atoms with van der Waals surface area (Å²) in [6.45, 7) is 8.36. The van der Waals surface area contributed by atoms with Crippen LogP contribution < -0.4 is 39.3 Å². The van der Waals surface area contributed by atoms with E-state index in [4.69, 9.17) is 49.7 Å². The topological polar surface area (TPSA) is 354 Å². The Kier molecular flexibility index (Phi) is 20.6. The lowest BCUT2D eigenvalue weighted by molar-refractivity contribution is -0.485. The molecule has 67 heavy (non-hydrogen) atoms. The highest BCUT2D eigenvalue weighted by atomic mass is 35.5. The zero-order valence-corrected chi connectivity index (χ0v) is 39.0. The van der Waals surface area contributed by atoms with Crippen molar-refractivity contribution in [3.63, 3.8) is 0 Å². The largest absolute Gasteiger partial charge is 0.508 e. The van der Waals surface area contributed by atoms with Crippen molar-refractivity contribution in [1.82, 2.24) is 15.5 Å². The number of phenols is 1. The van der Waals surface area contributed by atoms with Crippen molar-refractivity contribution < 1.29 is 48.4 Å². The Morgan fingerprint density at radius 1 is 0.881 bits per heavy atom. The number of carbonyl (C=O) groups is 6. The van der Waals surface area contributed by atoms with Gasteiger partial charge in [-0.05, 0) is 120 Å². The minimum Gasteiger partial charge on any atom is -0.508 e. The van der Waals surface area contributed by atoms with Crippen molar-refractivity contribution in [2.24, 2.45) is 33.8 Å². The number of nitro groups is 1. The summed E-state index contributed by atoms with van der Waals surface area (Å²) in [6.07, 6.45) is -1.65. The van der Waals surface area contributed by atoms with Gasteiger partial charge >= 0.3 is 12.2 Å². The van der Waals surface area contributed by atoms with Crippen molar-refractivity contribution >= 4 is 53.1 Å². The fourth-order valence-corrected chi connectivity index (χ4v) is 7.35. The van der Waals surface area contributed by atoms with E-state index in [-0.39, 0.29) is 67.8 Å². The monoisotopic (exact) mass is 952 g/mol. The number of Topliss-reactive ketones (excluding diaryl/α,β-unsaturated/α-hetero) is 2. The third-order valence-corrected chi connectivity index (χ3v) is 10.7. The molecule has 0 fully saturated rings. The number of primary amides is 1. The van der Waals surface area contributed by atoms with Crippen LogP contribution in [0.3, 0.4) is 0 Å². The van der Waals surface area contributed by atoms with E-state index < -0.39 is 82.7 Å². The van der Waals surface area contributed by atoms with Crippen LogP contribution in [0.25, 0.3) is 0 Å². The normalized spacial score (nSPS) is 13.4. The number of carbonyl (C=O) groups excluding carboxylic acids is 6. The summed E-state index contributed by atoms with van der Waals surface area (Å²) in [6, 6.07) is 8.03. The SMILES string of the molecule is Cc1cc(O)cc(C)c1C[C@H](N)C(=O)c1c(C[C@@H](C(N)=O)N(C(=O)[C@@H](CCCN)NC(=O)OC(C)(C)C)/C(N)=N\[N+](=O)[O-])cccc1C(=O)[C@@H](N)CCCCNC(=O)OCc1ccccc1Cl. The van der Waals surface area contributed by atoms with Crippen molar-refractivity contribution in [2.45, 2.75) is 116 Å². The van der Waals surface area contributed by atoms with E-state index in [0.29, 0.717) is 45.0 Å². The third-order valence-electron chi connectivity index (χ3n) is 10.4. The van der Waals surface area contributed by atoms with Gasteiger partial charge in [0.2, 0.25) is 5.91 Å². The van der Waals surface area contributed by atoms with Crippen LogP contribution in [0.5, 0.6) is 5.75 Å². The number of aryl methyl sites for hydroxylation is 2. The number of guanidine groups is 1. The number of hydrogen-bond donors (Lipinski definition) is 8. The lowest BCUT2D eigenvalue weighted by Crippen LogP contribution is -2.60. The number of rotatable bonds is 23. The predicted molar refractivity (Wildman–Crippen MR) is 249 cm³/mol. The van der Waals surface area contributed by atoms with Crippen LogP contribution in [-0.4, -0.2) is 99.4 Å². The molecule has 3 rings (SSSR count). The van der Waals surface area contributed by atoms with Crippen LogP contribution in [-0.2, 0) is 38.5 Å². The van der Waals surface area contributed by atoms with Crippen molar-refractivity contribution in [3.8, 4) is 5.75 Å². The van der Waals surface area contributed by atoms with Gasteiger partial charge in [-0.1, -0.05) is 48.0 Å². The van der Waals surface area contributed by atoms with Crippen molar-refractivity contribution in [1.29, 1.82) is 0 Å². The van der Waals surface area contributed by atoms with Gasteiger partial charge in [-0.2, -0.15) is 0 Å². The highest BCUT2D eigenvalue weighted by molar-refractivity contribution is 6.31. The van der Waals surface area contributed by atoms with Gasteiger partial charge in [-0.3, -0.25) is 24.1 Å². The summed E-state index contributed by atoms with van der Waals surface area (Å²) in [5.74, 6) is -4.99. The molecule has 364 valence electrons. The molecule has 0 aliphatic carbocycles. The Bertz CT molecular complexity index is 2300. The van der Waals surface area contributed by atoms with Crippen LogP contribution in [0.1, 0.15) is 101 Å². The molecule has 4 atom stereocenters. The molecule has 4 amide bonds.